The van der Waals surface area contributed by atoms with Crippen LogP contribution in [0.3, 0.4) is 0 Å². The quantitative estimate of drug-likeness (QED) is 0.651. The molecule has 35 heavy (non-hydrogen) atoms. The van der Waals surface area contributed by atoms with Crippen LogP contribution in [0.15, 0.2) is 30.5 Å². The number of nitrogens with zero attached hydrogens (tertiary/aromatic N) is 4. The lowest BCUT2D eigenvalue weighted by molar-refractivity contribution is -0.0718. The first kappa shape index (κ1) is 25.8. The highest BCUT2D eigenvalue weighted by atomic mass is 19.3. The van der Waals surface area contributed by atoms with Gasteiger partial charge >= 0.3 is 6.09 Å². The van der Waals surface area contributed by atoms with E-state index < -0.39 is 42.5 Å². The van der Waals surface area contributed by atoms with Gasteiger partial charge in [-0.15, -0.1) is 0 Å². The number of pyridine rings is 2. The van der Waals surface area contributed by atoms with Crippen molar-refractivity contribution in [2.45, 2.75) is 58.1 Å². The number of carbonyl (C=O) groups is 2. The summed E-state index contributed by atoms with van der Waals surface area (Å²) in [4.78, 5) is 35.0. The van der Waals surface area contributed by atoms with Gasteiger partial charge in [0.05, 0.1) is 24.2 Å². The van der Waals surface area contributed by atoms with Crippen molar-refractivity contribution < 1.29 is 23.1 Å². The largest absolute Gasteiger partial charge is 0.444 e. The van der Waals surface area contributed by atoms with Crippen molar-refractivity contribution in [3.8, 4) is 6.07 Å². The van der Waals surface area contributed by atoms with Gasteiger partial charge in [-0.05, 0) is 57.9 Å². The van der Waals surface area contributed by atoms with E-state index in [4.69, 9.17) is 10.00 Å². The Kier molecular flexibility index (Phi) is 7.53. The standard InChI is InChI=1S/C24H28F2N6O3/c1-15-5-6-18(30-19-11-16(12-27)8-10-28-19)31-20(15)21(33)32-14-24(25,26)9-7-17(32)13-29-22(34)35-23(2,3)4/h5-6,8,10-11,17H,7,9,13-14H2,1-4H3,(H,29,34)(H,28,30,31). The van der Waals surface area contributed by atoms with Crippen LogP contribution in [-0.4, -0.2) is 57.5 Å². The van der Waals surface area contributed by atoms with E-state index in [0.717, 1.165) is 4.90 Å². The van der Waals surface area contributed by atoms with Crippen molar-refractivity contribution in [3.63, 3.8) is 0 Å². The summed E-state index contributed by atoms with van der Waals surface area (Å²) in [5.41, 5.74) is 0.190. The van der Waals surface area contributed by atoms with Crippen LogP contribution in [0.2, 0.25) is 0 Å². The van der Waals surface area contributed by atoms with Gasteiger partial charge in [0, 0.05) is 19.2 Å². The van der Waals surface area contributed by atoms with E-state index in [0.29, 0.717) is 16.9 Å². The lowest BCUT2D eigenvalue weighted by Gasteiger charge is -2.39. The Morgan fingerprint density at radius 2 is 2.03 bits per heavy atom. The number of aromatic nitrogens is 2. The zero-order valence-corrected chi connectivity index (χ0v) is 20.1. The highest BCUT2D eigenvalue weighted by molar-refractivity contribution is 5.94. The van der Waals surface area contributed by atoms with Gasteiger partial charge in [-0.2, -0.15) is 5.26 Å². The zero-order valence-electron chi connectivity index (χ0n) is 20.1. The van der Waals surface area contributed by atoms with E-state index in [1.165, 1.54) is 12.3 Å². The lowest BCUT2D eigenvalue weighted by Crippen LogP contribution is -2.55. The average Bonchev–Trinajstić information content (AvgIpc) is 2.77. The summed E-state index contributed by atoms with van der Waals surface area (Å²) in [7, 11) is 0. The number of nitriles is 1. The lowest BCUT2D eigenvalue weighted by atomic mass is 9.98. The molecule has 0 saturated carbocycles. The van der Waals surface area contributed by atoms with Crippen LogP contribution in [0.4, 0.5) is 25.2 Å². The Bertz CT molecular complexity index is 1140. The molecule has 1 aliphatic rings. The number of amides is 2. The number of hydrogen-bond donors (Lipinski definition) is 2. The monoisotopic (exact) mass is 486 g/mol. The van der Waals surface area contributed by atoms with E-state index in [9.17, 15) is 18.4 Å². The Morgan fingerprint density at radius 1 is 1.29 bits per heavy atom. The van der Waals surface area contributed by atoms with Gasteiger partial charge in [0.15, 0.2) is 0 Å². The number of piperidine rings is 1. The summed E-state index contributed by atoms with van der Waals surface area (Å²) in [6.07, 6.45) is 0.386. The van der Waals surface area contributed by atoms with Crippen LogP contribution in [0.1, 0.15) is 55.2 Å². The Hall–Kier alpha value is -3.81. The van der Waals surface area contributed by atoms with Crippen LogP contribution >= 0.6 is 0 Å². The van der Waals surface area contributed by atoms with Crippen molar-refractivity contribution in [1.29, 1.82) is 5.26 Å². The molecule has 0 bridgehead atoms. The molecule has 1 saturated heterocycles. The molecule has 3 rings (SSSR count). The summed E-state index contributed by atoms with van der Waals surface area (Å²) in [5, 5.41) is 14.6. The number of hydrogen-bond acceptors (Lipinski definition) is 7. The SMILES string of the molecule is Cc1ccc(Nc2cc(C#N)ccn2)nc1C(=O)N1CC(F)(F)CCC1CNC(=O)OC(C)(C)C. The van der Waals surface area contributed by atoms with Crippen molar-refractivity contribution in [2.24, 2.45) is 0 Å². The van der Waals surface area contributed by atoms with Crippen LogP contribution in [0.25, 0.3) is 0 Å². The maximum atomic E-state index is 14.3. The Balaban J connectivity index is 1.81. The second-order valence-electron chi connectivity index (χ2n) is 9.39. The van der Waals surface area contributed by atoms with Crippen LogP contribution in [0.5, 0.6) is 0 Å². The third-order valence-corrected chi connectivity index (χ3v) is 5.27. The number of halogens is 2. The number of alkyl halides is 2. The predicted octanol–water partition coefficient (Wildman–Crippen LogP) is 4.16. The second kappa shape index (κ2) is 10.2. The number of carbonyl (C=O) groups excluding carboxylic acids is 2. The molecular weight excluding hydrogens is 458 g/mol. The van der Waals surface area contributed by atoms with E-state index in [-0.39, 0.29) is 24.5 Å². The number of rotatable bonds is 5. The fraction of sp³-hybridized carbons (Fsp3) is 0.458. The van der Waals surface area contributed by atoms with E-state index in [1.807, 2.05) is 6.07 Å². The molecule has 2 aromatic rings. The first-order valence-electron chi connectivity index (χ1n) is 11.1. The first-order chi connectivity index (χ1) is 16.4. The molecule has 1 aliphatic heterocycles. The molecule has 2 amide bonds. The van der Waals surface area contributed by atoms with E-state index in [2.05, 4.69) is 20.6 Å². The summed E-state index contributed by atoms with van der Waals surface area (Å²) in [6.45, 7) is 5.99. The molecule has 11 heteroatoms. The number of anilines is 2. The van der Waals surface area contributed by atoms with Crippen molar-refractivity contribution >= 4 is 23.6 Å². The molecule has 2 aromatic heterocycles. The first-order valence-corrected chi connectivity index (χ1v) is 11.1. The number of nitrogens with one attached hydrogen (secondary N) is 2. The van der Waals surface area contributed by atoms with Crippen molar-refractivity contribution in [2.75, 3.05) is 18.4 Å². The molecule has 1 fully saturated rings. The minimum absolute atomic E-state index is 0.00593. The smallest absolute Gasteiger partial charge is 0.407 e. The average molecular weight is 487 g/mol. The number of aryl methyl sites for hydroxylation is 1. The maximum Gasteiger partial charge on any atom is 0.407 e. The summed E-state index contributed by atoms with van der Waals surface area (Å²) in [6, 6.07) is 7.69. The Morgan fingerprint density at radius 3 is 2.71 bits per heavy atom. The normalized spacial score (nSPS) is 17.3. The van der Waals surface area contributed by atoms with Crippen LogP contribution in [0, 0.1) is 18.3 Å². The molecule has 9 nitrogen and oxygen atoms in total. The van der Waals surface area contributed by atoms with E-state index >= 15 is 0 Å². The summed E-state index contributed by atoms with van der Waals surface area (Å²) < 4.78 is 33.8. The minimum Gasteiger partial charge on any atom is -0.444 e. The third-order valence-electron chi connectivity index (χ3n) is 5.27. The van der Waals surface area contributed by atoms with Gasteiger partial charge in [0.1, 0.15) is 22.9 Å². The van der Waals surface area contributed by atoms with Gasteiger partial charge in [0.25, 0.3) is 11.8 Å². The molecule has 2 N–H and O–H groups in total. The number of alkyl carbamates (subject to hydrolysis) is 1. The molecule has 0 radical (unpaired) electrons. The highest BCUT2D eigenvalue weighted by Crippen LogP contribution is 2.31. The fourth-order valence-electron chi connectivity index (χ4n) is 3.61. The summed E-state index contributed by atoms with van der Waals surface area (Å²) >= 11 is 0. The highest BCUT2D eigenvalue weighted by Gasteiger charge is 2.43. The predicted molar refractivity (Wildman–Crippen MR) is 124 cm³/mol. The molecule has 0 spiro atoms. The topological polar surface area (TPSA) is 120 Å². The van der Waals surface area contributed by atoms with Crippen LogP contribution in [-0.2, 0) is 4.74 Å². The van der Waals surface area contributed by atoms with E-state index in [1.54, 1.807) is 45.9 Å². The molecule has 0 aromatic carbocycles. The fourth-order valence-corrected chi connectivity index (χ4v) is 3.61. The van der Waals surface area contributed by atoms with Crippen molar-refractivity contribution in [1.82, 2.24) is 20.2 Å². The van der Waals surface area contributed by atoms with Crippen LogP contribution < -0.4 is 10.6 Å². The zero-order chi connectivity index (χ0) is 25.8. The molecule has 186 valence electrons. The Labute approximate surface area is 202 Å². The second-order valence-corrected chi connectivity index (χ2v) is 9.39. The third kappa shape index (κ3) is 7.09. The van der Waals surface area contributed by atoms with Gasteiger partial charge in [-0.1, -0.05) is 6.07 Å². The molecular formula is C24H28F2N6O3. The maximum absolute atomic E-state index is 14.3. The molecule has 1 unspecified atom stereocenters. The minimum atomic E-state index is -3.05. The summed E-state index contributed by atoms with van der Waals surface area (Å²) in [5.74, 6) is -3.10. The van der Waals surface area contributed by atoms with Crippen molar-refractivity contribution in [3.05, 3.63) is 47.3 Å². The van der Waals surface area contributed by atoms with Gasteiger partial charge < -0.3 is 20.3 Å². The number of ether oxygens (including phenoxy) is 1. The van der Waals surface area contributed by atoms with Gasteiger partial charge in [-0.25, -0.2) is 23.5 Å². The van der Waals surface area contributed by atoms with Gasteiger partial charge in [0.2, 0.25) is 0 Å². The molecule has 1 atom stereocenters. The molecule has 3 heterocycles. The number of likely N-dealkylation sites (tertiary alicyclic amines) is 1. The molecule has 0 aliphatic carbocycles. The van der Waals surface area contributed by atoms with Gasteiger partial charge in [-0.3, -0.25) is 4.79 Å².